The van der Waals surface area contributed by atoms with Crippen LogP contribution in [0.5, 0.6) is 0 Å². The molecule has 2 rings (SSSR count). The van der Waals surface area contributed by atoms with Crippen LogP contribution in [-0.4, -0.2) is 0 Å². The minimum absolute atomic E-state index is 0.567. The molecule has 0 atom stereocenters. The summed E-state index contributed by atoms with van der Waals surface area (Å²) < 4.78 is 0. The summed E-state index contributed by atoms with van der Waals surface area (Å²) in [5.74, 6) is 0. The molecule has 0 unspecified atom stereocenters. The smallest absolute Gasteiger partial charge is 0.0598 e. The number of rotatable bonds is 2. The van der Waals surface area contributed by atoms with Crippen molar-refractivity contribution in [3.8, 4) is 11.1 Å². The first-order chi connectivity index (χ1) is 8.22. The summed E-state index contributed by atoms with van der Waals surface area (Å²) in [6.45, 7) is 3.72. The summed E-state index contributed by atoms with van der Waals surface area (Å²) >= 11 is 11.9. The van der Waals surface area contributed by atoms with Gasteiger partial charge >= 0.3 is 0 Å². The molecule has 0 aromatic heterocycles. The lowest BCUT2D eigenvalue weighted by Gasteiger charge is -2.07. The van der Waals surface area contributed by atoms with Crippen LogP contribution in [0.3, 0.4) is 0 Å². The molecule has 0 N–H and O–H groups in total. The number of allylic oxidation sites excluding steroid dienone is 1. The minimum atomic E-state index is 0.567. The quantitative estimate of drug-likeness (QED) is 0.669. The zero-order valence-electron chi connectivity index (χ0n) is 9.16. The van der Waals surface area contributed by atoms with Gasteiger partial charge in [-0.25, -0.2) is 0 Å². The molecule has 2 aromatic carbocycles. The first kappa shape index (κ1) is 12.2. The largest absolute Gasteiger partial charge is 0.0836 e. The highest BCUT2D eigenvalue weighted by molar-refractivity contribution is 6.42. The average Bonchev–Trinajstić information content (AvgIpc) is 2.34. The van der Waals surface area contributed by atoms with Gasteiger partial charge in [-0.2, -0.15) is 0 Å². The molecule has 0 amide bonds. The average molecular weight is 262 g/mol. The Bertz CT molecular complexity index is 557. The molecule has 0 aliphatic rings. The predicted octanol–water partition coefficient (Wildman–Crippen LogP) is 5.51. The Kier molecular flexibility index (Phi) is 3.88. The van der Waals surface area contributed by atoms with E-state index < -0.39 is 0 Å². The molecule has 0 spiro atoms. The van der Waals surface area contributed by atoms with Crippen LogP contribution in [0, 0.1) is 6.92 Å². The van der Waals surface area contributed by atoms with Gasteiger partial charge in [0.1, 0.15) is 0 Å². The number of benzene rings is 2. The zero-order chi connectivity index (χ0) is 12.3. The van der Waals surface area contributed by atoms with Crippen LogP contribution in [0.1, 0.15) is 5.56 Å². The highest BCUT2D eigenvalue weighted by Gasteiger charge is 2.04. The van der Waals surface area contributed by atoms with E-state index in [-0.39, 0.29) is 0 Å². The third-order valence-electron chi connectivity index (χ3n) is 2.49. The topological polar surface area (TPSA) is 0 Å². The van der Waals surface area contributed by atoms with Crippen molar-refractivity contribution in [3.05, 3.63) is 71.1 Å². The Morgan fingerprint density at radius 1 is 0.941 bits per heavy atom. The first-order valence-corrected chi connectivity index (χ1v) is 5.98. The molecule has 2 heteroatoms. The molecular formula is C15H11Cl2. The maximum atomic E-state index is 6.03. The molecule has 85 valence electrons. The second-order valence-corrected chi connectivity index (χ2v) is 4.43. The number of hydrogen-bond acceptors (Lipinski definition) is 0. The van der Waals surface area contributed by atoms with Crippen molar-refractivity contribution in [3.63, 3.8) is 0 Å². The standard InChI is InChI=1S/C15H11Cl2/c1-2-5-11-6-3-4-7-13(11)12-8-9-14(16)15(17)10-12/h2-10H,1H2. The van der Waals surface area contributed by atoms with E-state index in [4.69, 9.17) is 23.2 Å². The molecular weight excluding hydrogens is 251 g/mol. The molecule has 0 fully saturated rings. The van der Waals surface area contributed by atoms with E-state index in [1.54, 1.807) is 6.08 Å². The van der Waals surface area contributed by atoms with Crippen molar-refractivity contribution in [2.24, 2.45) is 0 Å². The van der Waals surface area contributed by atoms with Gasteiger partial charge in [0.2, 0.25) is 0 Å². The van der Waals surface area contributed by atoms with E-state index >= 15 is 0 Å². The lowest BCUT2D eigenvalue weighted by Crippen LogP contribution is -1.83. The monoisotopic (exact) mass is 261 g/mol. The van der Waals surface area contributed by atoms with Gasteiger partial charge in [0.05, 0.1) is 10.0 Å². The maximum Gasteiger partial charge on any atom is 0.0598 e. The number of hydrogen-bond donors (Lipinski definition) is 0. The summed E-state index contributed by atoms with van der Waals surface area (Å²) in [5, 5.41) is 1.14. The minimum Gasteiger partial charge on any atom is -0.0836 e. The van der Waals surface area contributed by atoms with E-state index in [9.17, 15) is 0 Å². The molecule has 17 heavy (non-hydrogen) atoms. The first-order valence-electron chi connectivity index (χ1n) is 5.22. The Morgan fingerprint density at radius 2 is 1.71 bits per heavy atom. The SMILES string of the molecule is [CH2]C=Cc1ccccc1-c1ccc(Cl)c(Cl)c1. The Morgan fingerprint density at radius 3 is 2.41 bits per heavy atom. The Hall–Kier alpha value is -1.24. The normalized spacial score (nSPS) is 11.0. The van der Waals surface area contributed by atoms with Crippen molar-refractivity contribution in [1.29, 1.82) is 0 Å². The van der Waals surface area contributed by atoms with Gasteiger partial charge < -0.3 is 0 Å². The Balaban J connectivity index is 2.56. The van der Waals surface area contributed by atoms with Crippen LogP contribution in [0.2, 0.25) is 10.0 Å². The van der Waals surface area contributed by atoms with Crippen molar-refractivity contribution >= 4 is 29.3 Å². The van der Waals surface area contributed by atoms with Crippen molar-refractivity contribution in [1.82, 2.24) is 0 Å². The summed E-state index contributed by atoms with van der Waals surface area (Å²) in [4.78, 5) is 0. The van der Waals surface area contributed by atoms with Gasteiger partial charge in [-0.15, -0.1) is 0 Å². The number of halogens is 2. The van der Waals surface area contributed by atoms with E-state index in [0.29, 0.717) is 10.0 Å². The van der Waals surface area contributed by atoms with Crippen LogP contribution in [-0.2, 0) is 0 Å². The van der Waals surface area contributed by atoms with E-state index in [2.05, 4.69) is 13.0 Å². The van der Waals surface area contributed by atoms with Crippen molar-refractivity contribution < 1.29 is 0 Å². The van der Waals surface area contributed by atoms with Crippen molar-refractivity contribution in [2.45, 2.75) is 0 Å². The summed E-state index contributed by atoms with van der Waals surface area (Å²) in [7, 11) is 0. The van der Waals surface area contributed by atoms with Crippen LogP contribution in [0.15, 0.2) is 48.5 Å². The molecule has 0 saturated heterocycles. The summed E-state index contributed by atoms with van der Waals surface area (Å²) in [5.41, 5.74) is 3.28. The van der Waals surface area contributed by atoms with Gasteiger partial charge in [-0.3, -0.25) is 0 Å². The zero-order valence-corrected chi connectivity index (χ0v) is 10.7. The van der Waals surface area contributed by atoms with Gasteiger partial charge in [-0.1, -0.05) is 65.7 Å². The highest BCUT2D eigenvalue weighted by Crippen LogP contribution is 2.30. The molecule has 0 heterocycles. The lowest BCUT2D eigenvalue weighted by atomic mass is 9.99. The third kappa shape index (κ3) is 2.71. The molecule has 0 saturated carbocycles. The molecule has 0 bridgehead atoms. The molecule has 0 aliphatic carbocycles. The van der Waals surface area contributed by atoms with Crippen LogP contribution in [0.4, 0.5) is 0 Å². The predicted molar refractivity (Wildman–Crippen MR) is 76.3 cm³/mol. The highest BCUT2D eigenvalue weighted by atomic mass is 35.5. The molecule has 2 aromatic rings. The van der Waals surface area contributed by atoms with Crippen molar-refractivity contribution in [2.75, 3.05) is 0 Å². The molecule has 1 radical (unpaired) electrons. The maximum absolute atomic E-state index is 6.03. The van der Waals surface area contributed by atoms with Gasteiger partial charge in [0, 0.05) is 0 Å². The van der Waals surface area contributed by atoms with Gasteiger partial charge in [0.15, 0.2) is 0 Å². The van der Waals surface area contributed by atoms with E-state index in [0.717, 1.165) is 16.7 Å². The van der Waals surface area contributed by atoms with Crippen LogP contribution >= 0.6 is 23.2 Å². The fourth-order valence-corrected chi connectivity index (χ4v) is 1.99. The van der Waals surface area contributed by atoms with Gasteiger partial charge in [-0.05, 0) is 35.7 Å². The second kappa shape index (κ2) is 5.39. The lowest BCUT2D eigenvalue weighted by molar-refractivity contribution is 1.59. The molecule has 0 nitrogen and oxygen atoms in total. The molecule has 0 aliphatic heterocycles. The van der Waals surface area contributed by atoms with E-state index in [1.165, 1.54) is 0 Å². The fourth-order valence-electron chi connectivity index (χ4n) is 1.70. The fraction of sp³-hybridized carbons (Fsp3) is 0. The van der Waals surface area contributed by atoms with Crippen LogP contribution < -0.4 is 0 Å². The van der Waals surface area contributed by atoms with E-state index in [1.807, 2.05) is 42.5 Å². The third-order valence-corrected chi connectivity index (χ3v) is 3.23. The van der Waals surface area contributed by atoms with Gasteiger partial charge in [0.25, 0.3) is 0 Å². The summed E-state index contributed by atoms with van der Waals surface area (Å²) in [6, 6.07) is 13.7. The second-order valence-electron chi connectivity index (χ2n) is 3.62. The Labute approximate surface area is 112 Å². The van der Waals surface area contributed by atoms with Crippen LogP contribution in [0.25, 0.3) is 17.2 Å². The summed E-state index contributed by atoms with van der Waals surface area (Å²) in [6.07, 6.45) is 3.74.